The highest BCUT2D eigenvalue weighted by Gasteiger charge is 2.54. The van der Waals surface area contributed by atoms with Gasteiger partial charge in [0.2, 0.25) is 12.1 Å². The molecule has 4 heterocycles. The summed E-state index contributed by atoms with van der Waals surface area (Å²) in [6.07, 6.45) is -23.2. The third kappa shape index (κ3) is 7.93. The zero-order valence-corrected chi connectivity index (χ0v) is 28.1. The van der Waals surface area contributed by atoms with Crippen LogP contribution in [-0.4, -0.2) is 183 Å². The van der Waals surface area contributed by atoms with E-state index in [9.17, 15) is 55.5 Å². The number of carbonyl (C=O) groups excluding carboxylic acids is 2. The highest BCUT2D eigenvalue weighted by atomic mass is 16.8. The second kappa shape index (κ2) is 16.3. The van der Waals surface area contributed by atoms with Gasteiger partial charge in [0.25, 0.3) is 5.91 Å². The van der Waals surface area contributed by atoms with E-state index in [2.05, 4.69) is 5.32 Å². The Bertz CT molecular complexity index is 1330. The van der Waals surface area contributed by atoms with E-state index in [1.807, 2.05) is 0 Å². The van der Waals surface area contributed by atoms with Crippen molar-refractivity contribution in [2.75, 3.05) is 26.9 Å². The number of Topliss-reactive ketones (excluding diaryl/α,β-unsaturated/α-hetero) is 1. The number of rotatable bonds is 12. The van der Waals surface area contributed by atoms with Crippen LogP contribution < -0.4 is 10.1 Å². The van der Waals surface area contributed by atoms with Crippen molar-refractivity contribution in [3.8, 4) is 5.75 Å². The fourth-order valence-corrected chi connectivity index (χ4v) is 6.61. The van der Waals surface area contributed by atoms with Crippen LogP contribution in [0.25, 0.3) is 0 Å². The molecule has 4 aliphatic rings. The maximum absolute atomic E-state index is 12.2. The average molecular weight is 734 g/mol. The molecule has 288 valence electrons. The number of ether oxygens (including phenoxy) is 7. The van der Waals surface area contributed by atoms with Crippen LogP contribution in [0.4, 0.5) is 0 Å². The molecule has 0 radical (unpaired) electrons. The first-order chi connectivity index (χ1) is 24.2. The fraction of sp³-hybridized carbons (Fsp3) is 0.750. The van der Waals surface area contributed by atoms with E-state index >= 15 is 0 Å². The van der Waals surface area contributed by atoms with Crippen molar-refractivity contribution < 1.29 is 88.7 Å². The van der Waals surface area contributed by atoms with E-state index < -0.39 is 135 Å². The molecule has 19 nitrogen and oxygen atoms in total. The number of carbonyl (C=O) groups is 2. The lowest BCUT2D eigenvalue weighted by molar-refractivity contribution is -0.378. The molecule has 1 aromatic carbocycles. The number of nitrogens with one attached hydrogen (secondary N) is 1. The maximum Gasteiger partial charge on any atom is 0.288 e. The average Bonchev–Trinajstić information content (AvgIpc) is 3.30. The second-order valence-electron chi connectivity index (χ2n) is 13.6. The number of benzene rings is 1. The minimum atomic E-state index is -1.82. The lowest BCUT2D eigenvalue weighted by Gasteiger charge is -2.48. The zero-order chi connectivity index (χ0) is 37.4. The van der Waals surface area contributed by atoms with Gasteiger partial charge in [-0.15, -0.1) is 0 Å². The van der Waals surface area contributed by atoms with E-state index in [4.69, 9.17) is 33.2 Å². The van der Waals surface area contributed by atoms with Crippen molar-refractivity contribution in [1.29, 1.82) is 0 Å². The molecule has 5 rings (SSSR count). The van der Waals surface area contributed by atoms with Crippen molar-refractivity contribution in [3.05, 3.63) is 29.8 Å². The Morgan fingerprint density at radius 2 is 1.20 bits per heavy atom. The molecular weight excluding hydrogens is 686 g/mol. The number of ketones is 1. The van der Waals surface area contributed by atoms with Gasteiger partial charge in [-0.3, -0.25) is 9.59 Å². The van der Waals surface area contributed by atoms with Crippen molar-refractivity contribution in [2.45, 2.75) is 118 Å². The summed E-state index contributed by atoms with van der Waals surface area (Å²) in [5.74, 6) is -0.890. The molecule has 16 atom stereocenters. The number of hydrogen-bond acceptors (Lipinski definition) is 18. The summed E-state index contributed by atoms with van der Waals surface area (Å²) in [4.78, 5) is 24.0. The first-order valence-electron chi connectivity index (χ1n) is 16.5. The highest BCUT2D eigenvalue weighted by molar-refractivity contribution is 6.40. The lowest BCUT2D eigenvalue weighted by Crippen LogP contribution is -2.67. The Hall–Kier alpha value is -2.44. The zero-order valence-electron chi connectivity index (χ0n) is 28.1. The van der Waals surface area contributed by atoms with E-state index in [-0.39, 0.29) is 5.75 Å². The molecule has 51 heavy (non-hydrogen) atoms. The second-order valence-corrected chi connectivity index (χ2v) is 13.6. The summed E-state index contributed by atoms with van der Waals surface area (Å²) in [6, 6.07) is 6.12. The van der Waals surface area contributed by atoms with Crippen LogP contribution in [0.2, 0.25) is 0 Å². The minimum Gasteiger partial charge on any atom is -0.462 e. The minimum absolute atomic E-state index is 0.228. The van der Waals surface area contributed by atoms with Gasteiger partial charge in [0, 0.05) is 13.2 Å². The third-order valence-electron chi connectivity index (χ3n) is 9.90. The number of amides is 1. The number of aliphatic hydroxyl groups excluding tert-OH is 9. The lowest BCUT2D eigenvalue weighted by atomic mass is 9.81. The maximum atomic E-state index is 12.2. The van der Waals surface area contributed by atoms with Gasteiger partial charge in [-0.1, -0.05) is 26.0 Å². The fourth-order valence-electron chi connectivity index (χ4n) is 6.61. The van der Waals surface area contributed by atoms with Crippen molar-refractivity contribution in [1.82, 2.24) is 5.32 Å². The topological polar surface area (TPSA) is 293 Å². The number of hydrogen-bond donors (Lipinski definition) is 10. The molecule has 10 N–H and O–H groups in total. The van der Waals surface area contributed by atoms with Gasteiger partial charge in [0.1, 0.15) is 79.0 Å². The van der Waals surface area contributed by atoms with Gasteiger partial charge in [0.05, 0.1) is 25.2 Å². The normalized spacial score (nSPS) is 42.8. The Morgan fingerprint density at radius 3 is 1.75 bits per heavy atom. The summed E-state index contributed by atoms with van der Waals surface area (Å²) in [5.41, 5.74) is -0.0981. The van der Waals surface area contributed by atoms with Gasteiger partial charge in [-0.2, -0.15) is 0 Å². The summed E-state index contributed by atoms with van der Waals surface area (Å²) >= 11 is 0. The molecule has 19 heteroatoms. The van der Waals surface area contributed by atoms with Gasteiger partial charge in [-0.25, -0.2) is 0 Å². The predicted molar refractivity (Wildman–Crippen MR) is 165 cm³/mol. The molecule has 4 saturated heterocycles. The molecule has 0 bridgehead atoms. The monoisotopic (exact) mass is 733 g/mol. The molecule has 0 aromatic heterocycles. The highest BCUT2D eigenvalue weighted by Crippen LogP contribution is 2.34. The molecule has 0 aliphatic carbocycles. The van der Waals surface area contributed by atoms with Crippen molar-refractivity contribution in [3.63, 3.8) is 0 Å². The molecule has 0 saturated carbocycles. The summed E-state index contributed by atoms with van der Waals surface area (Å²) < 4.78 is 39.6. The van der Waals surface area contributed by atoms with Crippen LogP contribution in [0, 0.1) is 5.41 Å². The molecular formula is C32H47NO18. The molecule has 1 amide bonds. The van der Waals surface area contributed by atoms with Crippen LogP contribution in [0.5, 0.6) is 5.75 Å². The standard InChI is InChI=1S/C32H47NO18/c1-32(2)17(33-28(44)27(32)43)8-12-4-6-13(7-5-12)46-29-22(41)20(39)24(15(10-35)48-29)51-31-26(45-3)23(42)25(16(11-36)49-31)50-30-21(40)19(38)18(37)14(9-34)47-30/h4-7,14-26,29-31,34-42H,8-11H2,1-3H3,(H,33,44)/t14-,15-,16-,17?,18-,19+,20-,21-,22-,23+,24-,25-,26-,29-,30+,31+/m1/s1. The smallest absolute Gasteiger partial charge is 0.288 e. The molecule has 1 aromatic rings. The van der Waals surface area contributed by atoms with Crippen LogP contribution in [-0.2, 0) is 44.4 Å². The van der Waals surface area contributed by atoms with Gasteiger partial charge >= 0.3 is 0 Å². The Kier molecular flexibility index (Phi) is 12.7. The quantitative estimate of drug-likeness (QED) is 0.0898. The molecule has 4 fully saturated rings. The van der Waals surface area contributed by atoms with Crippen molar-refractivity contribution >= 4 is 11.7 Å². The van der Waals surface area contributed by atoms with Crippen LogP contribution >= 0.6 is 0 Å². The van der Waals surface area contributed by atoms with Gasteiger partial charge < -0.3 is 84.4 Å². The van der Waals surface area contributed by atoms with E-state index in [1.165, 1.54) is 7.11 Å². The van der Waals surface area contributed by atoms with Crippen LogP contribution in [0.3, 0.4) is 0 Å². The van der Waals surface area contributed by atoms with Gasteiger partial charge in [-0.05, 0) is 24.1 Å². The van der Waals surface area contributed by atoms with E-state index in [0.29, 0.717) is 6.42 Å². The molecule has 0 spiro atoms. The number of aliphatic hydroxyl groups is 9. The molecule has 1 unspecified atom stereocenters. The Balaban J connectivity index is 1.22. The summed E-state index contributed by atoms with van der Waals surface area (Å²) in [6.45, 7) is 1.14. The van der Waals surface area contributed by atoms with Crippen LogP contribution in [0.15, 0.2) is 24.3 Å². The summed E-state index contributed by atoms with van der Waals surface area (Å²) in [7, 11) is 1.18. The first kappa shape index (κ1) is 39.8. The Labute approximate surface area is 292 Å². The largest absolute Gasteiger partial charge is 0.462 e. The van der Waals surface area contributed by atoms with E-state index in [0.717, 1.165) is 5.56 Å². The third-order valence-corrected chi connectivity index (χ3v) is 9.90. The van der Waals surface area contributed by atoms with E-state index in [1.54, 1.807) is 38.1 Å². The number of methoxy groups -OCH3 is 1. The predicted octanol–water partition coefficient (Wildman–Crippen LogP) is -5.20. The van der Waals surface area contributed by atoms with Crippen LogP contribution in [0.1, 0.15) is 19.4 Å². The first-order valence-corrected chi connectivity index (χ1v) is 16.5. The van der Waals surface area contributed by atoms with Crippen molar-refractivity contribution in [2.24, 2.45) is 5.41 Å². The molecule has 4 aliphatic heterocycles. The van der Waals surface area contributed by atoms with Gasteiger partial charge in [0.15, 0.2) is 12.6 Å². The Morgan fingerprint density at radius 1 is 0.667 bits per heavy atom. The SMILES string of the molecule is CO[C@H]1[C@H](O[C@H]2[C@H](O)[C@@H](O)[C@H](Oc3ccc(CC4NC(=O)C(=O)C4(C)C)cc3)O[C@@H]2CO)O[C@H](CO)[C@@H](O[C@@H]2O[C@H](CO)[C@@H](O)[C@H](O)[C@H]2O)[C@@H]1O. The summed E-state index contributed by atoms with van der Waals surface area (Å²) in [5, 5.41) is 96.3.